The first-order valence-electron chi connectivity index (χ1n) is 11.1. The molecule has 172 valence electrons. The van der Waals surface area contributed by atoms with Crippen LogP contribution in [0.3, 0.4) is 0 Å². The Bertz CT molecular complexity index is 1200. The molecular formula is C25H31N7O. The number of nitrogens with zero attached hydrogens (tertiary/aromatic N) is 5. The maximum absolute atomic E-state index is 10.4. The molecule has 8 heteroatoms. The van der Waals surface area contributed by atoms with Crippen LogP contribution in [0, 0.1) is 13.8 Å². The van der Waals surface area contributed by atoms with Crippen LogP contribution in [0.15, 0.2) is 54.7 Å². The number of hydrogen-bond donors (Lipinski definition) is 3. The molecule has 0 aliphatic carbocycles. The Morgan fingerprint density at radius 1 is 1.00 bits per heavy atom. The van der Waals surface area contributed by atoms with E-state index in [0.29, 0.717) is 36.9 Å². The van der Waals surface area contributed by atoms with E-state index in [0.717, 1.165) is 27.9 Å². The van der Waals surface area contributed by atoms with Crippen LogP contribution in [0.25, 0.3) is 11.0 Å². The molecule has 4 aromatic rings. The van der Waals surface area contributed by atoms with Crippen LogP contribution in [0.2, 0.25) is 0 Å². The number of rotatable bonds is 9. The molecule has 0 bridgehead atoms. The SMILES string of the molecule is Cc1cccc(C)c1Nc1nn(CC[C@@H](O)CN(C)C)c2nc(Nc3ccccc3)ncc12. The Morgan fingerprint density at radius 3 is 2.42 bits per heavy atom. The van der Waals surface area contributed by atoms with E-state index in [1.54, 1.807) is 6.20 Å². The molecule has 2 aromatic carbocycles. The summed E-state index contributed by atoms with van der Waals surface area (Å²) in [5, 5.41) is 22.8. The highest BCUT2D eigenvalue weighted by Crippen LogP contribution is 2.29. The minimum Gasteiger partial charge on any atom is -0.392 e. The minimum atomic E-state index is -0.446. The predicted molar refractivity (Wildman–Crippen MR) is 133 cm³/mol. The summed E-state index contributed by atoms with van der Waals surface area (Å²) in [6, 6.07) is 16.0. The number of fused-ring (bicyclic) bond motifs is 1. The van der Waals surface area contributed by atoms with E-state index in [1.165, 1.54) is 0 Å². The molecule has 0 radical (unpaired) electrons. The van der Waals surface area contributed by atoms with Crippen molar-refractivity contribution in [2.75, 3.05) is 31.3 Å². The molecule has 0 saturated carbocycles. The number of aryl methyl sites for hydroxylation is 3. The van der Waals surface area contributed by atoms with Gasteiger partial charge in [0.1, 0.15) is 0 Å². The summed E-state index contributed by atoms with van der Waals surface area (Å²) in [6.07, 6.45) is 1.92. The summed E-state index contributed by atoms with van der Waals surface area (Å²) in [6.45, 7) is 5.29. The molecule has 2 aromatic heterocycles. The van der Waals surface area contributed by atoms with Crippen molar-refractivity contribution in [1.82, 2.24) is 24.6 Å². The van der Waals surface area contributed by atoms with Crippen LogP contribution in [-0.2, 0) is 6.54 Å². The molecule has 1 atom stereocenters. The van der Waals surface area contributed by atoms with Crippen molar-refractivity contribution in [3.8, 4) is 0 Å². The summed E-state index contributed by atoms with van der Waals surface area (Å²) in [5.41, 5.74) is 4.94. The van der Waals surface area contributed by atoms with Crippen molar-refractivity contribution in [3.63, 3.8) is 0 Å². The number of nitrogens with one attached hydrogen (secondary N) is 2. The van der Waals surface area contributed by atoms with Crippen LogP contribution in [-0.4, -0.2) is 56.5 Å². The van der Waals surface area contributed by atoms with E-state index < -0.39 is 6.10 Å². The highest BCUT2D eigenvalue weighted by atomic mass is 16.3. The number of aliphatic hydroxyl groups excluding tert-OH is 1. The van der Waals surface area contributed by atoms with Gasteiger partial charge in [-0.05, 0) is 57.6 Å². The number of hydrogen-bond acceptors (Lipinski definition) is 7. The Kier molecular flexibility index (Phi) is 6.86. The maximum Gasteiger partial charge on any atom is 0.229 e. The third-order valence-electron chi connectivity index (χ3n) is 5.49. The van der Waals surface area contributed by atoms with Gasteiger partial charge < -0.3 is 20.6 Å². The van der Waals surface area contributed by atoms with E-state index in [2.05, 4.69) is 41.6 Å². The summed E-state index contributed by atoms with van der Waals surface area (Å²) in [4.78, 5) is 11.3. The van der Waals surface area contributed by atoms with Gasteiger partial charge in [-0.2, -0.15) is 10.1 Å². The number of benzene rings is 2. The van der Waals surface area contributed by atoms with Gasteiger partial charge in [0.2, 0.25) is 5.95 Å². The molecule has 0 aliphatic heterocycles. The Labute approximate surface area is 194 Å². The second kappa shape index (κ2) is 9.97. The quantitative estimate of drug-likeness (QED) is 0.355. The number of aliphatic hydroxyl groups is 1. The van der Waals surface area contributed by atoms with Crippen molar-refractivity contribution in [2.45, 2.75) is 32.9 Å². The van der Waals surface area contributed by atoms with Crippen molar-refractivity contribution in [1.29, 1.82) is 0 Å². The minimum absolute atomic E-state index is 0.446. The van der Waals surface area contributed by atoms with Crippen LogP contribution >= 0.6 is 0 Å². The highest BCUT2D eigenvalue weighted by Gasteiger charge is 2.17. The van der Waals surface area contributed by atoms with Crippen molar-refractivity contribution >= 4 is 34.2 Å². The van der Waals surface area contributed by atoms with E-state index in [9.17, 15) is 5.11 Å². The molecule has 0 amide bonds. The summed E-state index contributed by atoms with van der Waals surface area (Å²) >= 11 is 0. The van der Waals surface area contributed by atoms with Gasteiger partial charge >= 0.3 is 0 Å². The lowest BCUT2D eigenvalue weighted by molar-refractivity contribution is 0.123. The van der Waals surface area contributed by atoms with Crippen LogP contribution in [0.5, 0.6) is 0 Å². The van der Waals surface area contributed by atoms with Gasteiger partial charge in [0.05, 0.1) is 11.5 Å². The zero-order valence-corrected chi connectivity index (χ0v) is 19.6. The Balaban J connectivity index is 1.68. The Hall–Kier alpha value is -3.49. The fraction of sp³-hybridized carbons (Fsp3) is 0.320. The maximum atomic E-state index is 10.4. The van der Waals surface area contributed by atoms with Gasteiger partial charge in [0, 0.05) is 30.7 Å². The van der Waals surface area contributed by atoms with Crippen molar-refractivity contribution in [2.24, 2.45) is 0 Å². The van der Waals surface area contributed by atoms with E-state index in [-0.39, 0.29) is 0 Å². The predicted octanol–water partition coefficient (Wildman–Crippen LogP) is 4.24. The van der Waals surface area contributed by atoms with E-state index in [1.807, 2.05) is 60.1 Å². The number of anilines is 4. The van der Waals surface area contributed by atoms with Crippen molar-refractivity contribution in [3.05, 3.63) is 65.9 Å². The number of aromatic nitrogens is 4. The number of likely N-dealkylation sites (N-methyl/N-ethyl adjacent to an activating group) is 1. The van der Waals surface area contributed by atoms with Gasteiger partial charge in [-0.1, -0.05) is 36.4 Å². The van der Waals surface area contributed by atoms with Crippen LogP contribution in [0.1, 0.15) is 17.5 Å². The summed E-state index contributed by atoms with van der Waals surface area (Å²) in [5.74, 6) is 1.21. The van der Waals surface area contributed by atoms with Gasteiger partial charge in [-0.15, -0.1) is 0 Å². The summed E-state index contributed by atoms with van der Waals surface area (Å²) < 4.78 is 1.85. The molecule has 3 N–H and O–H groups in total. The lowest BCUT2D eigenvalue weighted by Gasteiger charge is -2.15. The van der Waals surface area contributed by atoms with Gasteiger partial charge in [0.25, 0.3) is 0 Å². The molecule has 33 heavy (non-hydrogen) atoms. The molecule has 0 unspecified atom stereocenters. The van der Waals surface area contributed by atoms with Crippen LogP contribution < -0.4 is 10.6 Å². The zero-order valence-electron chi connectivity index (χ0n) is 19.6. The largest absolute Gasteiger partial charge is 0.392 e. The fourth-order valence-electron chi connectivity index (χ4n) is 3.83. The van der Waals surface area contributed by atoms with Gasteiger partial charge in [0.15, 0.2) is 11.5 Å². The normalized spacial score (nSPS) is 12.3. The van der Waals surface area contributed by atoms with Gasteiger partial charge in [-0.25, -0.2) is 9.67 Å². The van der Waals surface area contributed by atoms with E-state index in [4.69, 9.17) is 10.1 Å². The molecule has 0 aliphatic rings. The molecule has 0 fully saturated rings. The topological polar surface area (TPSA) is 91.1 Å². The first-order valence-corrected chi connectivity index (χ1v) is 11.1. The summed E-state index contributed by atoms with van der Waals surface area (Å²) in [7, 11) is 3.90. The smallest absolute Gasteiger partial charge is 0.229 e. The first kappa shape index (κ1) is 22.7. The zero-order chi connectivity index (χ0) is 23.4. The lowest BCUT2D eigenvalue weighted by atomic mass is 10.1. The third kappa shape index (κ3) is 5.47. The molecule has 0 spiro atoms. The molecule has 0 saturated heterocycles. The molecule has 8 nitrogen and oxygen atoms in total. The standard InChI is InChI=1S/C25H31N7O/c1-17-9-8-10-18(2)22(17)28-23-21-15-26-25(27-19-11-6-5-7-12-19)29-24(21)32(30-23)14-13-20(33)16-31(3)4/h5-12,15,20,33H,13-14,16H2,1-4H3,(H,28,30)(H,26,27,29)/t20-/m1/s1. The highest BCUT2D eigenvalue weighted by molar-refractivity contribution is 5.90. The number of para-hydroxylation sites is 2. The van der Waals surface area contributed by atoms with Crippen LogP contribution in [0.4, 0.5) is 23.1 Å². The van der Waals surface area contributed by atoms with E-state index >= 15 is 0 Å². The molecule has 2 heterocycles. The van der Waals surface area contributed by atoms with Gasteiger partial charge in [-0.3, -0.25) is 0 Å². The second-order valence-corrected chi connectivity index (χ2v) is 8.59. The molecular weight excluding hydrogens is 414 g/mol. The second-order valence-electron chi connectivity index (χ2n) is 8.59. The van der Waals surface area contributed by atoms with Crippen molar-refractivity contribution < 1.29 is 5.11 Å². The molecule has 4 rings (SSSR count). The first-order chi connectivity index (χ1) is 15.9. The third-order valence-corrected chi connectivity index (χ3v) is 5.49. The average molecular weight is 446 g/mol. The monoisotopic (exact) mass is 445 g/mol. The Morgan fingerprint density at radius 2 is 1.73 bits per heavy atom. The lowest BCUT2D eigenvalue weighted by Crippen LogP contribution is -2.26. The fourth-order valence-corrected chi connectivity index (χ4v) is 3.83. The average Bonchev–Trinajstić information content (AvgIpc) is 3.12.